The molecule has 0 amide bonds. The van der Waals surface area contributed by atoms with Crippen LogP contribution in [0.4, 0.5) is 0 Å². The predicted octanol–water partition coefficient (Wildman–Crippen LogP) is 3.84. The van der Waals surface area contributed by atoms with Gasteiger partial charge in [-0.05, 0) is 49.0 Å². The van der Waals surface area contributed by atoms with Crippen LogP contribution in [-0.4, -0.2) is 13.1 Å². The van der Waals surface area contributed by atoms with Gasteiger partial charge in [-0.25, -0.2) is 0 Å². The van der Waals surface area contributed by atoms with Crippen LogP contribution in [0.3, 0.4) is 0 Å². The summed E-state index contributed by atoms with van der Waals surface area (Å²) in [7, 11) is 0. The molecule has 15 heavy (non-hydrogen) atoms. The van der Waals surface area contributed by atoms with Gasteiger partial charge in [0.2, 0.25) is 0 Å². The summed E-state index contributed by atoms with van der Waals surface area (Å²) in [6.45, 7) is 14.0. The fourth-order valence-corrected chi connectivity index (χ4v) is 1.96. The number of hydrogen-bond donors (Lipinski definition) is 1. The molecule has 0 spiro atoms. The Bertz CT molecular complexity index is 184. The summed E-state index contributed by atoms with van der Waals surface area (Å²) >= 11 is 0. The largest absolute Gasteiger partial charge is 0.316 e. The van der Waals surface area contributed by atoms with Crippen LogP contribution in [0.5, 0.6) is 0 Å². The molecule has 1 aliphatic carbocycles. The van der Waals surface area contributed by atoms with E-state index in [1.54, 1.807) is 0 Å². The first-order valence-electron chi connectivity index (χ1n) is 6.54. The smallest absolute Gasteiger partial charge is 0.000793 e. The van der Waals surface area contributed by atoms with Crippen molar-refractivity contribution in [1.29, 1.82) is 0 Å². The Kier molecular flexibility index (Phi) is 4.22. The van der Waals surface area contributed by atoms with Gasteiger partial charge >= 0.3 is 0 Å². The zero-order chi connectivity index (χ0) is 11.5. The van der Waals surface area contributed by atoms with Gasteiger partial charge in [0.1, 0.15) is 0 Å². The lowest BCUT2D eigenvalue weighted by molar-refractivity contribution is 0.301. The highest BCUT2D eigenvalue weighted by Crippen LogP contribution is 2.50. The Morgan fingerprint density at radius 1 is 1.20 bits per heavy atom. The second-order valence-corrected chi connectivity index (χ2v) is 7.09. The number of rotatable bonds is 6. The first-order valence-corrected chi connectivity index (χ1v) is 6.54. The van der Waals surface area contributed by atoms with Gasteiger partial charge in [0, 0.05) is 6.54 Å². The van der Waals surface area contributed by atoms with E-state index in [1.807, 2.05) is 0 Å². The number of hydrogen-bond acceptors (Lipinski definition) is 1. The fraction of sp³-hybridized carbons (Fsp3) is 1.00. The second-order valence-electron chi connectivity index (χ2n) is 7.09. The van der Waals surface area contributed by atoms with E-state index in [1.165, 1.54) is 38.8 Å². The van der Waals surface area contributed by atoms with Crippen molar-refractivity contribution in [2.75, 3.05) is 13.1 Å². The van der Waals surface area contributed by atoms with Gasteiger partial charge < -0.3 is 5.32 Å². The van der Waals surface area contributed by atoms with Gasteiger partial charge in [-0.15, -0.1) is 0 Å². The van der Waals surface area contributed by atoms with Gasteiger partial charge in [-0.2, -0.15) is 0 Å². The van der Waals surface area contributed by atoms with Crippen molar-refractivity contribution in [1.82, 2.24) is 5.32 Å². The van der Waals surface area contributed by atoms with Gasteiger partial charge in [0.05, 0.1) is 0 Å². The van der Waals surface area contributed by atoms with E-state index in [2.05, 4.69) is 39.9 Å². The third-order valence-corrected chi connectivity index (χ3v) is 3.42. The van der Waals surface area contributed by atoms with E-state index in [0.29, 0.717) is 10.8 Å². The Hall–Kier alpha value is -0.0400. The normalized spacial score (nSPS) is 19.6. The van der Waals surface area contributed by atoms with Crippen LogP contribution in [0.15, 0.2) is 0 Å². The van der Waals surface area contributed by atoms with E-state index >= 15 is 0 Å². The van der Waals surface area contributed by atoms with E-state index < -0.39 is 0 Å². The fourth-order valence-electron chi connectivity index (χ4n) is 1.96. The Morgan fingerprint density at radius 3 is 2.20 bits per heavy atom. The SMILES string of the molecule is CC(C)CNCC1(CCC(C)(C)C)CC1. The molecule has 1 nitrogen and oxygen atoms in total. The lowest BCUT2D eigenvalue weighted by atomic mass is 9.85. The maximum atomic E-state index is 3.62. The molecule has 0 aromatic carbocycles. The van der Waals surface area contributed by atoms with Gasteiger partial charge in [0.25, 0.3) is 0 Å². The average Bonchev–Trinajstić information content (AvgIpc) is 2.80. The predicted molar refractivity (Wildman–Crippen MR) is 68.1 cm³/mol. The molecule has 0 unspecified atom stereocenters. The van der Waals surface area contributed by atoms with Crippen LogP contribution in [-0.2, 0) is 0 Å². The van der Waals surface area contributed by atoms with Gasteiger partial charge in [-0.1, -0.05) is 34.6 Å². The molecule has 0 aromatic heterocycles. The Morgan fingerprint density at radius 2 is 1.80 bits per heavy atom. The molecule has 0 atom stereocenters. The highest BCUT2D eigenvalue weighted by molar-refractivity contribution is 4.95. The van der Waals surface area contributed by atoms with Crippen molar-refractivity contribution in [3.05, 3.63) is 0 Å². The van der Waals surface area contributed by atoms with Crippen LogP contribution in [0.25, 0.3) is 0 Å². The van der Waals surface area contributed by atoms with Crippen molar-refractivity contribution in [2.45, 2.75) is 60.3 Å². The molecule has 1 N–H and O–H groups in total. The molecule has 0 bridgehead atoms. The zero-order valence-electron chi connectivity index (χ0n) is 11.3. The lowest BCUT2D eigenvalue weighted by Crippen LogP contribution is -2.28. The van der Waals surface area contributed by atoms with Gasteiger partial charge in [-0.3, -0.25) is 0 Å². The third kappa shape index (κ3) is 5.55. The van der Waals surface area contributed by atoms with Crippen molar-refractivity contribution in [3.8, 4) is 0 Å². The molecule has 1 saturated carbocycles. The highest BCUT2D eigenvalue weighted by atomic mass is 14.9. The summed E-state index contributed by atoms with van der Waals surface area (Å²) in [5, 5.41) is 3.62. The van der Waals surface area contributed by atoms with Gasteiger partial charge in [0.15, 0.2) is 0 Å². The molecular weight excluding hydrogens is 182 g/mol. The van der Waals surface area contributed by atoms with Crippen molar-refractivity contribution < 1.29 is 0 Å². The minimum Gasteiger partial charge on any atom is -0.316 e. The van der Waals surface area contributed by atoms with Crippen molar-refractivity contribution in [2.24, 2.45) is 16.7 Å². The van der Waals surface area contributed by atoms with Crippen molar-refractivity contribution >= 4 is 0 Å². The monoisotopic (exact) mass is 211 g/mol. The molecule has 0 aliphatic heterocycles. The van der Waals surface area contributed by atoms with E-state index in [0.717, 1.165) is 5.92 Å². The molecule has 1 heteroatoms. The summed E-state index contributed by atoms with van der Waals surface area (Å²) < 4.78 is 0. The summed E-state index contributed by atoms with van der Waals surface area (Å²) in [5.41, 5.74) is 1.19. The minimum absolute atomic E-state index is 0.508. The average molecular weight is 211 g/mol. The van der Waals surface area contributed by atoms with Crippen LogP contribution in [0, 0.1) is 16.7 Å². The molecule has 90 valence electrons. The summed E-state index contributed by atoms with van der Waals surface area (Å²) in [6, 6.07) is 0. The highest BCUT2D eigenvalue weighted by Gasteiger charge is 2.42. The molecule has 1 aliphatic rings. The quantitative estimate of drug-likeness (QED) is 0.704. The first-order chi connectivity index (χ1) is 6.83. The van der Waals surface area contributed by atoms with E-state index in [9.17, 15) is 0 Å². The maximum absolute atomic E-state index is 3.62. The molecule has 1 rings (SSSR count). The summed E-state index contributed by atoms with van der Waals surface area (Å²) in [4.78, 5) is 0. The van der Waals surface area contributed by atoms with Crippen molar-refractivity contribution in [3.63, 3.8) is 0 Å². The minimum atomic E-state index is 0.508. The standard InChI is InChI=1S/C14H29N/c1-12(2)10-15-11-14(8-9-14)7-6-13(3,4)5/h12,15H,6-11H2,1-5H3. The summed E-state index contributed by atoms with van der Waals surface area (Å²) in [6.07, 6.45) is 5.69. The topological polar surface area (TPSA) is 12.0 Å². The second kappa shape index (κ2) is 4.86. The molecule has 0 saturated heterocycles. The zero-order valence-corrected chi connectivity index (χ0v) is 11.3. The molecule has 0 radical (unpaired) electrons. The van der Waals surface area contributed by atoms with E-state index in [-0.39, 0.29) is 0 Å². The molecule has 1 fully saturated rings. The maximum Gasteiger partial charge on any atom is 0.000793 e. The Balaban J connectivity index is 2.16. The van der Waals surface area contributed by atoms with Crippen LogP contribution >= 0.6 is 0 Å². The molecule has 0 heterocycles. The van der Waals surface area contributed by atoms with Crippen LogP contribution < -0.4 is 5.32 Å². The first kappa shape index (κ1) is 13.0. The molecule has 0 aromatic rings. The number of nitrogens with one attached hydrogen (secondary N) is 1. The van der Waals surface area contributed by atoms with E-state index in [4.69, 9.17) is 0 Å². The van der Waals surface area contributed by atoms with Crippen LogP contribution in [0.2, 0.25) is 0 Å². The van der Waals surface area contributed by atoms with Crippen LogP contribution in [0.1, 0.15) is 60.3 Å². The molecular formula is C14H29N. The lowest BCUT2D eigenvalue weighted by Gasteiger charge is -2.23. The Labute approximate surface area is 96.0 Å². The third-order valence-electron chi connectivity index (χ3n) is 3.42. The summed E-state index contributed by atoms with van der Waals surface area (Å²) in [5.74, 6) is 0.781.